The lowest BCUT2D eigenvalue weighted by molar-refractivity contribution is -0.192. The number of likely N-dealkylation sites (N-methyl/N-ethyl adjacent to an activating group) is 1. The van der Waals surface area contributed by atoms with Crippen LogP contribution in [0, 0.1) is 0 Å². The molecule has 36 heavy (non-hydrogen) atoms. The lowest BCUT2D eigenvalue weighted by Gasteiger charge is -2.36. The van der Waals surface area contributed by atoms with Gasteiger partial charge in [-0.1, -0.05) is 29.8 Å². The normalized spacial score (nSPS) is 18.8. The molecule has 2 aromatic rings. The Morgan fingerprint density at radius 1 is 1.14 bits per heavy atom. The van der Waals surface area contributed by atoms with Gasteiger partial charge in [0.25, 0.3) is 10.0 Å². The van der Waals surface area contributed by atoms with E-state index in [1.54, 1.807) is 18.2 Å². The fourth-order valence-electron chi connectivity index (χ4n) is 4.16. The molecule has 8 nitrogen and oxygen atoms in total. The summed E-state index contributed by atoms with van der Waals surface area (Å²) in [6, 6.07) is 10.6. The molecule has 0 bridgehead atoms. The minimum Gasteiger partial charge on any atom is -0.475 e. The minimum absolute atomic E-state index is 0.0195. The van der Waals surface area contributed by atoms with E-state index < -0.39 is 28.1 Å². The van der Waals surface area contributed by atoms with Gasteiger partial charge in [-0.05, 0) is 56.7 Å². The number of piperidine rings is 1. The highest BCUT2D eigenvalue weighted by atomic mass is 35.5. The van der Waals surface area contributed by atoms with Crippen LogP contribution in [0.1, 0.15) is 24.3 Å². The molecule has 4 rings (SSSR count). The minimum atomic E-state index is -5.08. The first-order chi connectivity index (χ1) is 16.7. The first-order valence-electron chi connectivity index (χ1n) is 10.9. The number of carboxylic acids is 1. The number of carbonyl (C=O) groups excluding carboxylic acids is 1. The summed E-state index contributed by atoms with van der Waals surface area (Å²) in [5, 5.41) is 7.12. The fraction of sp³-hybridized carbons (Fsp3) is 0.455. The van der Waals surface area contributed by atoms with Crippen LogP contribution in [0.4, 0.5) is 18.9 Å². The van der Waals surface area contributed by atoms with Crippen molar-refractivity contribution in [2.45, 2.75) is 35.2 Å². The summed E-state index contributed by atoms with van der Waals surface area (Å²) < 4.78 is 60.2. The highest BCUT2D eigenvalue weighted by molar-refractivity contribution is 7.94. The van der Waals surface area contributed by atoms with Crippen LogP contribution < -0.4 is 4.31 Å². The Bertz CT molecular complexity index is 1210. The number of carbonyl (C=O) groups is 2. The van der Waals surface area contributed by atoms with Gasteiger partial charge in [-0.2, -0.15) is 13.2 Å². The van der Waals surface area contributed by atoms with E-state index in [-0.39, 0.29) is 22.7 Å². The van der Waals surface area contributed by atoms with Crippen molar-refractivity contribution in [3.63, 3.8) is 0 Å². The molecular formula is C22H25ClF3N3O5S2. The van der Waals surface area contributed by atoms with Gasteiger partial charge in [-0.3, -0.25) is 9.10 Å². The third-order valence-corrected chi connectivity index (χ3v) is 9.62. The van der Waals surface area contributed by atoms with Gasteiger partial charge < -0.3 is 14.9 Å². The van der Waals surface area contributed by atoms with Gasteiger partial charge in [0, 0.05) is 13.1 Å². The van der Waals surface area contributed by atoms with Crippen LogP contribution in [0.25, 0.3) is 0 Å². The van der Waals surface area contributed by atoms with E-state index in [1.165, 1.54) is 10.4 Å². The Morgan fingerprint density at radius 2 is 1.72 bits per heavy atom. The number of rotatable bonds is 4. The molecule has 0 saturated carbocycles. The molecule has 1 amide bonds. The molecule has 1 fully saturated rings. The number of para-hydroxylation sites is 1. The predicted octanol–water partition coefficient (Wildman–Crippen LogP) is 3.88. The van der Waals surface area contributed by atoms with Gasteiger partial charge in [0.2, 0.25) is 5.91 Å². The van der Waals surface area contributed by atoms with Gasteiger partial charge in [-0.25, -0.2) is 13.2 Å². The zero-order valence-corrected chi connectivity index (χ0v) is 21.8. The number of sulfonamides is 1. The third-order valence-electron chi connectivity index (χ3n) is 6.15. The molecule has 0 aliphatic carbocycles. The summed E-state index contributed by atoms with van der Waals surface area (Å²) in [6.45, 7) is 2.04. The number of halogens is 4. The first-order valence-corrected chi connectivity index (χ1v) is 13.5. The number of anilines is 1. The van der Waals surface area contributed by atoms with Crippen molar-refractivity contribution < 1.29 is 36.3 Å². The van der Waals surface area contributed by atoms with Gasteiger partial charge >= 0.3 is 12.1 Å². The highest BCUT2D eigenvalue weighted by Gasteiger charge is 2.42. The molecule has 14 heteroatoms. The lowest BCUT2D eigenvalue weighted by atomic mass is 9.97. The average Bonchev–Trinajstić information content (AvgIpc) is 3.43. The zero-order valence-electron chi connectivity index (χ0n) is 19.4. The summed E-state index contributed by atoms with van der Waals surface area (Å²) in [7, 11) is 0.167. The van der Waals surface area contributed by atoms with Crippen molar-refractivity contribution in [1.82, 2.24) is 9.80 Å². The monoisotopic (exact) mass is 567 g/mol. The van der Waals surface area contributed by atoms with E-state index >= 15 is 0 Å². The SMILES string of the molecule is CN1CCC(N(C)C(=O)C2CN(S(=O)(=O)c3ccc(Cl)s3)c3ccccc32)CC1.O=C(O)C(F)(F)F. The largest absolute Gasteiger partial charge is 0.490 e. The summed E-state index contributed by atoms with van der Waals surface area (Å²) in [4.78, 5) is 26.4. The van der Waals surface area contributed by atoms with E-state index in [1.807, 2.05) is 24.1 Å². The molecule has 1 aromatic carbocycles. The number of aliphatic carboxylic acids is 1. The van der Waals surface area contributed by atoms with Crippen LogP contribution in [-0.2, 0) is 19.6 Å². The van der Waals surface area contributed by atoms with Crippen LogP contribution in [0.3, 0.4) is 0 Å². The summed E-state index contributed by atoms with van der Waals surface area (Å²) in [5.74, 6) is -3.28. The van der Waals surface area contributed by atoms with E-state index in [2.05, 4.69) is 11.9 Å². The first kappa shape index (κ1) is 28.2. The molecule has 2 aliphatic heterocycles. The number of hydrogen-bond donors (Lipinski definition) is 1. The second kappa shape index (κ2) is 11.0. The van der Waals surface area contributed by atoms with Crippen molar-refractivity contribution >= 4 is 50.5 Å². The maximum absolute atomic E-state index is 13.4. The van der Waals surface area contributed by atoms with Gasteiger partial charge in [0.05, 0.1) is 22.5 Å². The summed E-state index contributed by atoms with van der Waals surface area (Å²) in [5.41, 5.74) is 1.34. The van der Waals surface area contributed by atoms with Gasteiger partial charge in [0.1, 0.15) is 4.21 Å². The van der Waals surface area contributed by atoms with E-state index in [0.29, 0.717) is 10.0 Å². The summed E-state index contributed by atoms with van der Waals surface area (Å²) >= 11 is 6.99. The quantitative estimate of drug-likeness (QED) is 0.602. The molecule has 1 unspecified atom stereocenters. The molecule has 3 heterocycles. The predicted molar refractivity (Wildman–Crippen MR) is 130 cm³/mol. The Kier molecular flexibility index (Phi) is 8.59. The molecule has 1 aromatic heterocycles. The maximum Gasteiger partial charge on any atom is 0.490 e. The number of thiophene rings is 1. The van der Waals surface area contributed by atoms with Gasteiger partial charge in [0.15, 0.2) is 0 Å². The number of hydrogen-bond acceptors (Lipinski definition) is 6. The zero-order chi connectivity index (χ0) is 26.8. The van der Waals surface area contributed by atoms with Crippen LogP contribution in [0.5, 0.6) is 0 Å². The smallest absolute Gasteiger partial charge is 0.475 e. The van der Waals surface area contributed by atoms with Crippen LogP contribution in [0.2, 0.25) is 4.34 Å². The van der Waals surface area contributed by atoms with Crippen LogP contribution >= 0.6 is 22.9 Å². The molecule has 1 atom stereocenters. The third kappa shape index (κ3) is 6.13. The van der Waals surface area contributed by atoms with Crippen molar-refractivity contribution in [3.05, 3.63) is 46.3 Å². The fourth-order valence-corrected chi connectivity index (χ4v) is 7.27. The van der Waals surface area contributed by atoms with E-state index in [4.69, 9.17) is 21.5 Å². The van der Waals surface area contributed by atoms with Crippen molar-refractivity contribution in [2.75, 3.05) is 38.0 Å². The number of fused-ring (bicyclic) bond motifs is 1. The second-order valence-electron chi connectivity index (χ2n) is 8.49. The Balaban J connectivity index is 0.000000454. The molecule has 1 N–H and O–H groups in total. The average molecular weight is 568 g/mol. The molecule has 0 radical (unpaired) electrons. The Morgan fingerprint density at radius 3 is 2.25 bits per heavy atom. The number of likely N-dealkylation sites (tertiary alicyclic amines) is 1. The van der Waals surface area contributed by atoms with Crippen molar-refractivity contribution in [3.8, 4) is 0 Å². The van der Waals surface area contributed by atoms with E-state index in [9.17, 15) is 26.4 Å². The highest BCUT2D eigenvalue weighted by Crippen LogP contribution is 2.42. The summed E-state index contributed by atoms with van der Waals surface area (Å²) in [6.07, 6.45) is -3.22. The number of carboxylic acid groups (broad SMARTS) is 1. The molecular weight excluding hydrogens is 543 g/mol. The number of nitrogens with zero attached hydrogens (tertiary/aromatic N) is 3. The van der Waals surface area contributed by atoms with Gasteiger partial charge in [-0.15, -0.1) is 11.3 Å². The Hall–Kier alpha value is -2.35. The number of benzene rings is 1. The maximum atomic E-state index is 13.4. The van der Waals surface area contributed by atoms with Crippen molar-refractivity contribution in [2.24, 2.45) is 0 Å². The molecule has 2 aliphatic rings. The number of alkyl halides is 3. The topological polar surface area (TPSA) is 98.2 Å². The molecule has 0 spiro atoms. The van der Waals surface area contributed by atoms with Crippen LogP contribution in [-0.4, -0.2) is 81.1 Å². The lowest BCUT2D eigenvalue weighted by Crippen LogP contribution is -2.46. The standard InChI is InChI=1S/C20H24ClN3O3S2.C2HF3O2/c1-22-11-9-14(10-12-22)23(2)20(25)16-13-24(17-6-4-3-5-15(16)17)29(26,27)19-8-7-18(21)28-19;3-2(4,5)1(6)7/h3-8,14,16H,9-13H2,1-2H3;(H,6,7). The molecule has 198 valence electrons. The second-order valence-corrected chi connectivity index (χ2v) is 12.3. The Labute approximate surface area is 215 Å². The van der Waals surface area contributed by atoms with Crippen molar-refractivity contribution in [1.29, 1.82) is 0 Å². The van der Waals surface area contributed by atoms with E-state index in [0.717, 1.165) is 42.8 Å². The van der Waals surface area contributed by atoms with Crippen LogP contribution in [0.15, 0.2) is 40.6 Å². The molecule has 1 saturated heterocycles. The number of amides is 1.